The smallest absolute Gasteiger partial charge is 0.250 e. The van der Waals surface area contributed by atoms with E-state index in [4.69, 9.17) is 5.73 Å². The Bertz CT molecular complexity index is 333. The Morgan fingerprint density at radius 1 is 1.32 bits per heavy atom. The molecule has 0 bridgehead atoms. The van der Waals surface area contributed by atoms with Crippen molar-refractivity contribution in [2.75, 3.05) is 7.05 Å². The number of rotatable bonds is 5. The number of carbonyl (C=O) groups is 1. The van der Waals surface area contributed by atoms with Gasteiger partial charge in [0.25, 0.3) is 0 Å². The Morgan fingerprint density at radius 2 is 1.89 bits per heavy atom. The first-order valence-corrected chi connectivity index (χ1v) is 7.61. The first-order chi connectivity index (χ1) is 9.08. The number of allylic oxidation sites excluding steroid dienone is 1. The predicted molar refractivity (Wildman–Crippen MR) is 86.0 cm³/mol. The van der Waals surface area contributed by atoms with E-state index in [0.717, 1.165) is 36.2 Å². The molecule has 0 aliphatic heterocycles. The first kappa shape index (κ1) is 18.1. The summed E-state index contributed by atoms with van der Waals surface area (Å²) in [5.74, 6) is -0.386. The standard InChI is InChI=1S/C10H16N2OS.C5H12/c1-12-6-8(10(11)13)7-4-2-3-5-9(7)14;1-3-5-4-2/h6,12,14H,2-5H2,1H3,(H2,11,13);3-5H2,1-2H3/b8-6-;. The maximum Gasteiger partial charge on any atom is 0.250 e. The van der Waals surface area contributed by atoms with Gasteiger partial charge in [0.15, 0.2) is 0 Å². The Morgan fingerprint density at radius 3 is 2.26 bits per heavy atom. The van der Waals surface area contributed by atoms with Crippen LogP contribution in [-0.4, -0.2) is 13.0 Å². The minimum Gasteiger partial charge on any atom is -0.393 e. The highest BCUT2D eigenvalue weighted by Gasteiger charge is 2.17. The van der Waals surface area contributed by atoms with Crippen LogP contribution in [0.5, 0.6) is 0 Å². The second-order valence-corrected chi connectivity index (χ2v) is 5.24. The summed E-state index contributed by atoms with van der Waals surface area (Å²) in [6.45, 7) is 4.42. The molecule has 19 heavy (non-hydrogen) atoms. The van der Waals surface area contributed by atoms with Crippen LogP contribution in [0.4, 0.5) is 0 Å². The average molecular weight is 284 g/mol. The monoisotopic (exact) mass is 284 g/mol. The van der Waals surface area contributed by atoms with Crippen molar-refractivity contribution in [3.63, 3.8) is 0 Å². The van der Waals surface area contributed by atoms with Gasteiger partial charge in [0, 0.05) is 13.2 Å². The zero-order valence-electron chi connectivity index (χ0n) is 12.5. The van der Waals surface area contributed by atoms with Crippen LogP contribution in [0.3, 0.4) is 0 Å². The van der Waals surface area contributed by atoms with Gasteiger partial charge in [-0.3, -0.25) is 4.79 Å². The van der Waals surface area contributed by atoms with Crippen molar-refractivity contribution >= 4 is 18.5 Å². The molecule has 0 heterocycles. The van der Waals surface area contributed by atoms with Crippen LogP contribution >= 0.6 is 12.6 Å². The molecule has 0 unspecified atom stereocenters. The van der Waals surface area contributed by atoms with Gasteiger partial charge in [0.2, 0.25) is 5.91 Å². The number of hydrogen-bond acceptors (Lipinski definition) is 3. The van der Waals surface area contributed by atoms with Crippen LogP contribution < -0.4 is 11.1 Å². The largest absolute Gasteiger partial charge is 0.393 e. The van der Waals surface area contributed by atoms with Gasteiger partial charge in [-0.2, -0.15) is 0 Å². The molecule has 0 fully saturated rings. The van der Waals surface area contributed by atoms with Crippen molar-refractivity contribution in [1.29, 1.82) is 0 Å². The number of primary amides is 1. The second kappa shape index (κ2) is 11.0. The van der Waals surface area contributed by atoms with Crippen LogP contribution in [0.25, 0.3) is 0 Å². The lowest BCUT2D eigenvalue weighted by Crippen LogP contribution is -2.19. The number of amides is 1. The van der Waals surface area contributed by atoms with E-state index in [2.05, 4.69) is 31.8 Å². The van der Waals surface area contributed by atoms with Gasteiger partial charge < -0.3 is 11.1 Å². The summed E-state index contributed by atoms with van der Waals surface area (Å²) >= 11 is 4.39. The van der Waals surface area contributed by atoms with Crippen LogP contribution in [0.15, 0.2) is 22.3 Å². The molecule has 0 aromatic carbocycles. The first-order valence-electron chi connectivity index (χ1n) is 7.17. The zero-order chi connectivity index (χ0) is 14.7. The van der Waals surface area contributed by atoms with E-state index in [-0.39, 0.29) is 5.91 Å². The fourth-order valence-electron chi connectivity index (χ4n) is 1.98. The Hall–Kier alpha value is -0.900. The zero-order valence-corrected chi connectivity index (χ0v) is 13.4. The van der Waals surface area contributed by atoms with Crippen molar-refractivity contribution in [2.45, 2.75) is 58.8 Å². The second-order valence-electron chi connectivity index (χ2n) is 4.70. The van der Waals surface area contributed by atoms with Crippen LogP contribution in [0, 0.1) is 0 Å². The summed E-state index contributed by atoms with van der Waals surface area (Å²) in [7, 11) is 1.75. The molecule has 3 N–H and O–H groups in total. The molecule has 1 aliphatic carbocycles. The molecule has 110 valence electrons. The summed E-state index contributed by atoms with van der Waals surface area (Å²) in [4.78, 5) is 12.2. The number of nitrogens with two attached hydrogens (primary N) is 1. The number of thiol groups is 1. The van der Waals surface area contributed by atoms with E-state index in [0.29, 0.717) is 5.57 Å². The highest BCUT2D eigenvalue weighted by molar-refractivity contribution is 7.84. The quantitative estimate of drug-likeness (QED) is 0.534. The molecule has 4 heteroatoms. The summed E-state index contributed by atoms with van der Waals surface area (Å²) in [6.07, 6.45) is 9.83. The summed E-state index contributed by atoms with van der Waals surface area (Å²) in [5.41, 5.74) is 6.87. The van der Waals surface area contributed by atoms with E-state index >= 15 is 0 Å². The average Bonchev–Trinajstić information content (AvgIpc) is 2.38. The van der Waals surface area contributed by atoms with Gasteiger partial charge in [-0.15, -0.1) is 12.6 Å². The van der Waals surface area contributed by atoms with Gasteiger partial charge in [-0.25, -0.2) is 0 Å². The van der Waals surface area contributed by atoms with E-state index < -0.39 is 0 Å². The molecule has 1 rings (SSSR count). The Labute approximate surface area is 123 Å². The molecule has 1 aliphatic rings. The van der Waals surface area contributed by atoms with E-state index in [1.165, 1.54) is 19.3 Å². The van der Waals surface area contributed by atoms with E-state index in [1.54, 1.807) is 13.2 Å². The van der Waals surface area contributed by atoms with Crippen molar-refractivity contribution < 1.29 is 4.79 Å². The molecule has 0 spiro atoms. The predicted octanol–water partition coefficient (Wildman–Crippen LogP) is 3.53. The molecule has 0 saturated carbocycles. The maximum atomic E-state index is 11.2. The number of carbonyl (C=O) groups excluding carboxylic acids is 1. The molecule has 1 amide bonds. The lowest BCUT2D eigenvalue weighted by molar-refractivity contribution is -0.114. The van der Waals surface area contributed by atoms with Gasteiger partial charge in [0.05, 0.1) is 5.57 Å². The van der Waals surface area contributed by atoms with Crippen molar-refractivity contribution in [3.8, 4) is 0 Å². The molecule has 3 nitrogen and oxygen atoms in total. The maximum absolute atomic E-state index is 11.2. The third kappa shape index (κ3) is 7.31. The van der Waals surface area contributed by atoms with Crippen molar-refractivity contribution in [1.82, 2.24) is 5.32 Å². The minimum absolute atomic E-state index is 0.386. The molecular weight excluding hydrogens is 256 g/mol. The highest BCUT2D eigenvalue weighted by Crippen LogP contribution is 2.31. The fourth-order valence-corrected chi connectivity index (χ4v) is 2.37. The normalized spacial score (nSPS) is 15.7. The van der Waals surface area contributed by atoms with Gasteiger partial charge >= 0.3 is 0 Å². The summed E-state index contributed by atoms with van der Waals surface area (Å²) in [6, 6.07) is 0. The van der Waals surface area contributed by atoms with Crippen LogP contribution in [0.2, 0.25) is 0 Å². The third-order valence-electron chi connectivity index (χ3n) is 3.03. The van der Waals surface area contributed by atoms with Gasteiger partial charge in [-0.05, 0) is 36.2 Å². The lowest BCUT2D eigenvalue weighted by Gasteiger charge is -2.17. The molecule has 0 aromatic rings. The third-order valence-corrected chi connectivity index (χ3v) is 3.52. The Kier molecular flexibility index (Phi) is 10.5. The minimum atomic E-state index is -0.386. The van der Waals surface area contributed by atoms with E-state index in [9.17, 15) is 4.79 Å². The lowest BCUT2D eigenvalue weighted by atomic mass is 9.93. The number of unbranched alkanes of at least 4 members (excludes halogenated alkanes) is 2. The molecular formula is C15H28N2OS. The van der Waals surface area contributed by atoms with Crippen molar-refractivity contribution in [2.24, 2.45) is 5.73 Å². The fraction of sp³-hybridized carbons (Fsp3) is 0.667. The van der Waals surface area contributed by atoms with Crippen molar-refractivity contribution in [3.05, 3.63) is 22.3 Å². The topological polar surface area (TPSA) is 55.1 Å². The number of nitrogens with one attached hydrogen (secondary N) is 1. The van der Waals surface area contributed by atoms with Crippen LogP contribution in [0.1, 0.15) is 58.8 Å². The van der Waals surface area contributed by atoms with Crippen LogP contribution in [-0.2, 0) is 4.79 Å². The molecule has 0 aromatic heterocycles. The number of hydrogen-bond donors (Lipinski definition) is 3. The van der Waals surface area contributed by atoms with Gasteiger partial charge in [-0.1, -0.05) is 33.1 Å². The Balaban J connectivity index is 0.000000555. The summed E-state index contributed by atoms with van der Waals surface area (Å²) < 4.78 is 0. The molecule has 0 radical (unpaired) electrons. The SMILES string of the molecule is CCCCC.CN/C=C(\C(N)=O)C1=C(S)CCCC1. The summed E-state index contributed by atoms with van der Waals surface area (Å²) in [5, 5.41) is 2.84. The highest BCUT2D eigenvalue weighted by atomic mass is 32.1. The molecule has 0 saturated heterocycles. The van der Waals surface area contributed by atoms with E-state index in [1.807, 2.05) is 0 Å². The molecule has 0 atom stereocenters. The van der Waals surface area contributed by atoms with Gasteiger partial charge in [0.1, 0.15) is 0 Å².